The van der Waals surface area contributed by atoms with Crippen molar-refractivity contribution < 1.29 is 12.8 Å². The predicted molar refractivity (Wildman–Crippen MR) is 85.2 cm³/mol. The maximum atomic E-state index is 12.9. The van der Waals surface area contributed by atoms with E-state index >= 15 is 0 Å². The summed E-state index contributed by atoms with van der Waals surface area (Å²) < 4.78 is 39.8. The zero-order chi connectivity index (χ0) is 16.4. The Kier molecular flexibility index (Phi) is 4.47. The van der Waals surface area contributed by atoms with Gasteiger partial charge < -0.3 is 0 Å². The second-order valence-corrected chi connectivity index (χ2v) is 7.66. The molecule has 0 saturated carbocycles. The summed E-state index contributed by atoms with van der Waals surface area (Å²) >= 11 is 0. The Balaban J connectivity index is 1.61. The number of rotatable bonds is 5. The van der Waals surface area contributed by atoms with Crippen LogP contribution < -0.4 is 4.72 Å². The second kappa shape index (κ2) is 6.38. The minimum Gasteiger partial charge on any atom is -0.297 e. The topological polar surface area (TPSA) is 67.2 Å². The van der Waals surface area contributed by atoms with Gasteiger partial charge in [-0.05, 0) is 30.7 Å². The fourth-order valence-corrected chi connectivity index (χ4v) is 3.61. The largest absolute Gasteiger partial charge is 0.297 e. The number of nitrogens with one attached hydrogen (secondary N) is 1. The molecule has 1 unspecified atom stereocenters. The van der Waals surface area contributed by atoms with E-state index in [2.05, 4.69) is 14.7 Å². The zero-order valence-corrected chi connectivity index (χ0v) is 13.6. The standard InChI is InChI=1S/C15H19FN4O2S/c1-23(21,22)18-14-6-7-19(11-14)9-12-8-17-20(10-12)15-4-2-13(16)3-5-15/h2-5,8,10,14,18H,6-7,9,11H2,1H3. The smallest absolute Gasteiger partial charge is 0.208 e. The molecule has 1 N–H and O–H groups in total. The minimum absolute atomic E-state index is 0.0304. The van der Waals surface area contributed by atoms with Crippen molar-refractivity contribution in [1.82, 2.24) is 19.4 Å². The first-order chi connectivity index (χ1) is 10.9. The van der Waals surface area contributed by atoms with Crippen molar-refractivity contribution in [2.45, 2.75) is 19.0 Å². The molecule has 0 spiro atoms. The molecule has 2 aromatic rings. The zero-order valence-electron chi connectivity index (χ0n) is 12.8. The molecule has 1 aliphatic rings. The summed E-state index contributed by atoms with van der Waals surface area (Å²) in [7, 11) is -3.16. The highest BCUT2D eigenvalue weighted by Gasteiger charge is 2.24. The van der Waals surface area contributed by atoms with Crippen molar-refractivity contribution in [3.05, 3.63) is 48.0 Å². The Hall–Kier alpha value is -1.77. The van der Waals surface area contributed by atoms with Gasteiger partial charge in [-0.15, -0.1) is 0 Å². The first-order valence-corrected chi connectivity index (χ1v) is 9.27. The van der Waals surface area contributed by atoms with Crippen LogP contribution in [0.15, 0.2) is 36.7 Å². The lowest BCUT2D eigenvalue weighted by molar-refractivity contribution is 0.324. The van der Waals surface area contributed by atoms with Crippen molar-refractivity contribution in [2.24, 2.45) is 0 Å². The van der Waals surface area contributed by atoms with Gasteiger partial charge in [0.2, 0.25) is 10.0 Å². The highest BCUT2D eigenvalue weighted by molar-refractivity contribution is 7.88. The van der Waals surface area contributed by atoms with E-state index in [4.69, 9.17) is 0 Å². The summed E-state index contributed by atoms with van der Waals surface area (Å²) in [5, 5.41) is 4.29. The molecule has 1 aliphatic heterocycles. The lowest BCUT2D eigenvalue weighted by Gasteiger charge is -2.15. The summed E-state index contributed by atoms with van der Waals surface area (Å²) in [5.74, 6) is -0.275. The van der Waals surface area contributed by atoms with E-state index in [1.165, 1.54) is 18.4 Å². The van der Waals surface area contributed by atoms with Crippen LogP contribution in [0, 0.1) is 5.82 Å². The van der Waals surface area contributed by atoms with Crippen LogP contribution in [-0.4, -0.2) is 48.5 Å². The van der Waals surface area contributed by atoms with Crippen molar-refractivity contribution in [3.63, 3.8) is 0 Å². The predicted octanol–water partition coefficient (Wildman–Crippen LogP) is 1.13. The highest BCUT2D eigenvalue weighted by Crippen LogP contribution is 2.15. The van der Waals surface area contributed by atoms with Gasteiger partial charge in [-0.3, -0.25) is 4.90 Å². The quantitative estimate of drug-likeness (QED) is 0.888. The van der Waals surface area contributed by atoms with Crippen molar-refractivity contribution in [2.75, 3.05) is 19.3 Å². The molecule has 8 heteroatoms. The molecule has 0 aliphatic carbocycles. The van der Waals surface area contributed by atoms with Crippen molar-refractivity contribution in [1.29, 1.82) is 0 Å². The van der Waals surface area contributed by atoms with E-state index in [0.717, 1.165) is 24.2 Å². The molecule has 1 atom stereocenters. The third kappa shape index (κ3) is 4.37. The van der Waals surface area contributed by atoms with Gasteiger partial charge in [0.05, 0.1) is 18.1 Å². The molecule has 1 aromatic heterocycles. The Morgan fingerprint density at radius 1 is 1.35 bits per heavy atom. The molecule has 0 radical (unpaired) electrons. The first kappa shape index (κ1) is 16.1. The second-order valence-electron chi connectivity index (χ2n) is 5.88. The van der Waals surface area contributed by atoms with Gasteiger partial charge in [-0.2, -0.15) is 5.10 Å². The third-order valence-electron chi connectivity index (χ3n) is 3.79. The lowest BCUT2D eigenvalue weighted by atomic mass is 10.3. The molecule has 2 heterocycles. The van der Waals surface area contributed by atoms with Gasteiger partial charge in [-0.1, -0.05) is 0 Å². The number of likely N-dealkylation sites (tertiary alicyclic amines) is 1. The number of sulfonamides is 1. The van der Waals surface area contributed by atoms with Gasteiger partial charge >= 0.3 is 0 Å². The van der Waals surface area contributed by atoms with Crippen LogP contribution in [0.3, 0.4) is 0 Å². The summed E-state index contributed by atoms with van der Waals surface area (Å²) in [6.45, 7) is 2.24. The van der Waals surface area contributed by atoms with E-state index < -0.39 is 10.0 Å². The molecule has 3 rings (SSSR count). The van der Waals surface area contributed by atoms with Crippen LogP contribution in [0.2, 0.25) is 0 Å². The lowest BCUT2D eigenvalue weighted by Crippen LogP contribution is -2.36. The maximum Gasteiger partial charge on any atom is 0.208 e. The Labute approximate surface area is 135 Å². The summed E-state index contributed by atoms with van der Waals surface area (Å²) in [4.78, 5) is 2.19. The van der Waals surface area contributed by atoms with Gasteiger partial charge in [0, 0.05) is 37.4 Å². The summed E-state index contributed by atoms with van der Waals surface area (Å²) in [6.07, 6.45) is 5.67. The van der Waals surface area contributed by atoms with Crippen LogP contribution in [0.25, 0.3) is 5.69 Å². The number of halogens is 1. The molecule has 124 valence electrons. The Morgan fingerprint density at radius 3 is 2.78 bits per heavy atom. The molecular formula is C15H19FN4O2S. The average molecular weight is 338 g/mol. The van der Waals surface area contributed by atoms with E-state index in [-0.39, 0.29) is 11.9 Å². The Morgan fingerprint density at radius 2 is 2.09 bits per heavy atom. The molecule has 0 amide bonds. The van der Waals surface area contributed by atoms with Crippen molar-refractivity contribution in [3.8, 4) is 5.69 Å². The normalized spacial score (nSPS) is 19.3. The monoisotopic (exact) mass is 338 g/mol. The molecule has 1 aromatic carbocycles. The third-order valence-corrected chi connectivity index (χ3v) is 4.55. The molecule has 6 nitrogen and oxygen atoms in total. The van der Waals surface area contributed by atoms with Crippen molar-refractivity contribution >= 4 is 10.0 Å². The van der Waals surface area contributed by atoms with Gasteiger partial charge in [-0.25, -0.2) is 22.2 Å². The fraction of sp³-hybridized carbons (Fsp3) is 0.400. The number of hydrogen-bond donors (Lipinski definition) is 1. The van der Waals surface area contributed by atoms with Crippen LogP contribution in [0.5, 0.6) is 0 Å². The van der Waals surface area contributed by atoms with Crippen LogP contribution >= 0.6 is 0 Å². The highest BCUT2D eigenvalue weighted by atomic mass is 32.2. The molecule has 23 heavy (non-hydrogen) atoms. The maximum absolute atomic E-state index is 12.9. The van der Waals surface area contributed by atoms with Crippen LogP contribution in [0.4, 0.5) is 4.39 Å². The number of hydrogen-bond acceptors (Lipinski definition) is 4. The minimum atomic E-state index is -3.16. The Bertz CT molecular complexity index is 773. The average Bonchev–Trinajstić information content (AvgIpc) is 3.08. The van der Waals surface area contributed by atoms with Gasteiger partial charge in [0.1, 0.15) is 5.82 Å². The fourth-order valence-electron chi connectivity index (χ4n) is 2.81. The number of benzene rings is 1. The first-order valence-electron chi connectivity index (χ1n) is 7.38. The molecule has 0 bridgehead atoms. The van der Waals surface area contributed by atoms with Gasteiger partial charge in [0.15, 0.2) is 0 Å². The SMILES string of the molecule is CS(=O)(=O)NC1CCN(Cc2cnn(-c3ccc(F)cc3)c2)C1. The van der Waals surface area contributed by atoms with Gasteiger partial charge in [0.25, 0.3) is 0 Å². The number of nitrogens with zero attached hydrogens (tertiary/aromatic N) is 3. The van der Waals surface area contributed by atoms with Crippen LogP contribution in [-0.2, 0) is 16.6 Å². The molecule has 1 saturated heterocycles. The van der Waals surface area contributed by atoms with E-state index in [9.17, 15) is 12.8 Å². The summed E-state index contributed by atoms with van der Waals surface area (Å²) in [5.41, 5.74) is 1.84. The molecule has 1 fully saturated rings. The number of aromatic nitrogens is 2. The van der Waals surface area contributed by atoms with E-state index in [1.54, 1.807) is 23.0 Å². The van der Waals surface area contributed by atoms with Crippen LogP contribution in [0.1, 0.15) is 12.0 Å². The van der Waals surface area contributed by atoms with E-state index in [1.807, 2.05) is 6.20 Å². The molecular weight excluding hydrogens is 319 g/mol. The summed E-state index contributed by atoms with van der Waals surface area (Å²) in [6, 6.07) is 6.12. The van der Waals surface area contributed by atoms with E-state index in [0.29, 0.717) is 13.1 Å².